The number of hydrogen-bond donors (Lipinski definition) is 2. The number of methoxy groups -OCH3 is 1. The number of aromatic nitrogens is 2. The third kappa shape index (κ3) is 6.43. The minimum Gasteiger partial charge on any atom is -0.497 e. The zero-order valence-electron chi connectivity index (χ0n) is 21.9. The number of urea groups is 1. The quantitative estimate of drug-likeness (QED) is 0.314. The first-order valence-electron chi connectivity index (χ1n) is 12.7. The molecule has 2 heterocycles. The van der Waals surface area contributed by atoms with E-state index in [4.69, 9.17) is 9.72 Å². The molecule has 1 aromatic heterocycles. The summed E-state index contributed by atoms with van der Waals surface area (Å²) >= 11 is 0. The maximum absolute atomic E-state index is 13.8. The van der Waals surface area contributed by atoms with Crippen molar-refractivity contribution >= 4 is 17.7 Å². The van der Waals surface area contributed by atoms with Crippen LogP contribution in [0.25, 0.3) is 5.69 Å². The molecule has 0 bridgehead atoms. The van der Waals surface area contributed by atoms with Crippen molar-refractivity contribution in [2.24, 2.45) is 0 Å². The van der Waals surface area contributed by atoms with Crippen LogP contribution < -0.4 is 25.7 Å². The highest BCUT2D eigenvalue weighted by molar-refractivity contribution is 5.91. The number of benzene rings is 3. The molecule has 1 aliphatic heterocycles. The Morgan fingerprint density at radius 3 is 2.41 bits per heavy atom. The number of amides is 2. The number of hydrogen-bond acceptors (Lipinski definition) is 6. The van der Waals surface area contributed by atoms with E-state index in [2.05, 4.69) is 15.4 Å². The summed E-state index contributed by atoms with van der Waals surface area (Å²) in [5.41, 5.74) is 1.92. The van der Waals surface area contributed by atoms with Crippen LogP contribution in [0.4, 0.5) is 29.6 Å². The molecule has 0 saturated carbocycles. The molecular weight excluding hydrogens is 539 g/mol. The van der Waals surface area contributed by atoms with Crippen molar-refractivity contribution in [2.75, 3.05) is 24.3 Å². The topological polar surface area (TPSA) is 97.7 Å². The van der Waals surface area contributed by atoms with Gasteiger partial charge in [-0.3, -0.25) is 4.79 Å². The van der Waals surface area contributed by atoms with Crippen molar-refractivity contribution in [3.63, 3.8) is 0 Å². The molecule has 9 nitrogen and oxygen atoms in total. The van der Waals surface area contributed by atoms with Crippen LogP contribution in [0.2, 0.25) is 0 Å². The summed E-state index contributed by atoms with van der Waals surface area (Å²) in [7, 11) is 1.59. The largest absolute Gasteiger partial charge is 0.573 e. The Hall–Kier alpha value is -5.00. The van der Waals surface area contributed by atoms with Crippen molar-refractivity contribution in [2.45, 2.75) is 25.9 Å². The van der Waals surface area contributed by atoms with E-state index in [1.165, 1.54) is 27.7 Å². The van der Waals surface area contributed by atoms with E-state index >= 15 is 0 Å². The van der Waals surface area contributed by atoms with Crippen LogP contribution in [0.15, 0.2) is 83.7 Å². The van der Waals surface area contributed by atoms with Crippen LogP contribution in [0.1, 0.15) is 16.8 Å². The molecule has 2 amide bonds. The fourth-order valence-corrected chi connectivity index (χ4v) is 4.49. The number of nitrogens with zero attached hydrogens (tertiary/aromatic N) is 3. The zero-order chi connectivity index (χ0) is 29.0. The lowest BCUT2D eigenvalue weighted by atomic mass is 10.1. The molecule has 1 aliphatic rings. The average molecular weight is 566 g/mol. The molecule has 0 atom stereocenters. The maximum Gasteiger partial charge on any atom is 0.573 e. The number of nitrogens with one attached hydrogen (secondary N) is 2. The van der Waals surface area contributed by atoms with Crippen molar-refractivity contribution < 1.29 is 27.4 Å². The first kappa shape index (κ1) is 27.6. The number of alkyl halides is 3. The van der Waals surface area contributed by atoms with Gasteiger partial charge >= 0.3 is 12.4 Å². The summed E-state index contributed by atoms with van der Waals surface area (Å²) < 4.78 is 49.1. The molecule has 4 aromatic rings. The van der Waals surface area contributed by atoms with Crippen LogP contribution in [-0.4, -0.2) is 40.5 Å². The number of anilines is 2. The normalized spacial score (nSPS) is 12.8. The van der Waals surface area contributed by atoms with Gasteiger partial charge in [0.1, 0.15) is 5.75 Å². The molecule has 3 aromatic carbocycles. The van der Waals surface area contributed by atoms with Gasteiger partial charge in [0.2, 0.25) is 5.95 Å². The fourth-order valence-electron chi connectivity index (χ4n) is 4.49. The maximum atomic E-state index is 13.8. The van der Waals surface area contributed by atoms with Crippen LogP contribution in [-0.2, 0) is 19.5 Å². The van der Waals surface area contributed by atoms with Crippen molar-refractivity contribution in [3.8, 4) is 17.2 Å². The minimum absolute atomic E-state index is 0.0686. The summed E-state index contributed by atoms with van der Waals surface area (Å²) in [6, 6.07) is 21.1. The lowest BCUT2D eigenvalue weighted by Crippen LogP contribution is -2.43. The Balaban J connectivity index is 1.41. The van der Waals surface area contributed by atoms with E-state index < -0.39 is 18.1 Å². The molecule has 5 rings (SSSR count). The molecule has 41 heavy (non-hydrogen) atoms. The van der Waals surface area contributed by atoms with Crippen molar-refractivity contribution in [1.82, 2.24) is 14.5 Å². The van der Waals surface area contributed by atoms with E-state index in [9.17, 15) is 22.8 Å². The van der Waals surface area contributed by atoms with E-state index in [0.29, 0.717) is 29.4 Å². The van der Waals surface area contributed by atoms with Gasteiger partial charge in [0.15, 0.2) is 5.75 Å². The van der Waals surface area contributed by atoms with Gasteiger partial charge in [-0.25, -0.2) is 14.3 Å². The smallest absolute Gasteiger partial charge is 0.497 e. The highest BCUT2D eigenvalue weighted by Gasteiger charge is 2.33. The number of fused-ring (bicyclic) bond motifs is 1. The fraction of sp³-hybridized carbons (Fsp3) is 0.207. The second-order valence-corrected chi connectivity index (χ2v) is 9.18. The average Bonchev–Trinajstić information content (AvgIpc) is 2.97. The Kier molecular flexibility index (Phi) is 7.81. The highest BCUT2D eigenvalue weighted by atomic mass is 19.4. The van der Waals surface area contributed by atoms with E-state index in [0.717, 1.165) is 17.4 Å². The molecule has 2 N–H and O–H groups in total. The minimum atomic E-state index is -4.92. The van der Waals surface area contributed by atoms with Crippen LogP contribution in [0.5, 0.6) is 11.5 Å². The second-order valence-electron chi connectivity index (χ2n) is 9.18. The zero-order valence-corrected chi connectivity index (χ0v) is 21.9. The van der Waals surface area contributed by atoms with Crippen LogP contribution in [0, 0.1) is 0 Å². The summed E-state index contributed by atoms with van der Waals surface area (Å²) in [4.78, 5) is 33.0. The Morgan fingerprint density at radius 2 is 1.71 bits per heavy atom. The molecule has 0 saturated heterocycles. The van der Waals surface area contributed by atoms with Crippen LogP contribution in [0.3, 0.4) is 0 Å². The van der Waals surface area contributed by atoms with Gasteiger partial charge in [0, 0.05) is 19.5 Å². The molecule has 0 unspecified atom stereocenters. The number of rotatable bonds is 7. The summed E-state index contributed by atoms with van der Waals surface area (Å²) in [5.74, 6) is 0.546. The summed E-state index contributed by atoms with van der Waals surface area (Å²) in [6.45, 7) is 0.539. The number of halogens is 3. The van der Waals surface area contributed by atoms with Crippen molar-refractivity contribution in [3.05, 3.63) is 106 Å². The first-order valence-corrected chi connectivity index (χ1v) is 12.7. The van der Waals surface area contributed by atoms with Gasteiger partial charge in [-0.15, -0.1) is 13.2 Å². The monoisotopic (exact) mass is 565 g/mol. The van der Waals surface area contributed by atoms with Gasteiger partial charge in [0.25, 0.3) is 5.56 Å². The lowest BCUT2D eigenvalue weighted by Gasteiger charge is -2.29. The standard InChI is InChI=1S/C29H26F3N5O4/c1-40-21-13-11-19(12-14-21)17-33-27-34-23-15-16-36(18-22(23)26(38)37(27)20-7-3-2-4-8-20)28(39)35-24-9-5-6-10-25(24)41-29(30,31)32/h2-14H,15-18H2,1H3,(H,33,34)(H,35,39). The predicted molar refractivity (Wildman–Crippen MR) is 146 cm³/mol. The second kappa shape index (κ2) is 11.6. The van der Waals surface area contributed by atoms with Gasteiger partial charge in [-0.2, -0.15) is 0 Å². The number of carbonyl (C=O) groups excluding carboxylic acids is 1. The summed E-state index contributed by atoms with van der Waals surface area (Å²) in [6.07, 6.45) is -4.64. The number of para-hydroxylation sites is 3. The molecule has 0 fully saturated rings. The number of carbonyl (C=O) groups is 1. The highest BCUT2D eigenvalue weighted by Crippen LogP contribution is 2.30. The van der Waals surface area contributed by atoms with E-state index in [1.54, 1.807) is 31.4 Å². The molecule has 0 aliphatic carbocycles. The third-order valence-corrected chi connectivity index (χ3v) is 6.50. The predicted octanol–water partition coefficient (Wildman–Crippen LogP) is 5.34. The first-order chi connectivity index (χ1) is 19.7. The van der Waals surface area contributed by atoms with Crippen molar-refractivity contribution in [1.29, 1.82) is 0 Å². The van der Waals surface area contributed by atoms with Gasteiger partial charge < -0.3 is 25.0 Å². The van der Waals surface area contributed by atoms with Gasteiger partial charge in [0.05, 0.1) is 36.3 Å². The Bertz CT molecular complexity index is 1590. The molecule has 212 valence electrons. The van der Waals surface area contributed by atoms with Gasteiger partial charge in [-0.05, 0) is 42.0 Å². The third-order valence-electron chi connectivity index (χ3n) is 6.50. The number of ether oxygens (including phenoxy) is 2. The van der Waals surface area contributed by atoms with Crippen LogP contribution >= 0.6 is 0 Å². The van der Waals surface area contributed by atoms with E-state index in [1.807, 2.05) is 30.3 Å². The lowest BCUT2D eigenvalue weighted by molar-refractivity contribution is -0.274. The molecular formula is C29H26F3N5O4. The molecule has 0 spiro atoms. The van der Waals surface area contributed by atoms with E-state index in [-0.39, 0.29) is 30.8 Å². The Morgan fingerprint density at radius 1 is 1.00 bits per heavy atom. The SMILES string of the molecule is COc1ccc(CNc2nc3c(c(=O)n2-c2ccccc2)CN(C(=O)Nc2ccccc2OC(F)(F)F)CC3)cc1. The summed E-state index contributed by atoms with van der Waals surface area (Å²) in [5, 5.41) is 5.73. The molecule has 0 radical (unpaired) electrons. The molecule has 12 heteroatoms. The Labute approximate surface area is 233 Å². The van der Waals surface area contributed by atoms with Gasteiger partial charge in [-0.1, -0.05) is 42.5 Å².